The van der Waals surface area contributed by atoms with Gasteiger partial charge in [0, 0.05) is 6.42 Å². The molecule has 0 unspecified atom stereocenters. The van der Waals surface area contributed by atoms with E-state index in [1.807, 2.05) is 26.0 Å². The molecule has 0 atom stereocenters. The second-order valence-corrected chi connectivity index (χ2v) is 3.14. The van der Waals surface area contributed by atoms with Crippen LogP contribution in [0, 0.1) is 0 Å². The second kappa shape index (κ2) is 10.2. The van der Waals surface area contributed by atoms with E-state index in [0.29, 0.717) is 0 Å². The average Bonchev–Trinajstić information content (AvgIpc) is 2.21. The Morgan fingerprint density at radius 2 is 1.57 bits per heavy atom. The van der Waals surface area contributed by atoms with Crippen molar-refractivity contribution in [2.24, 2.45) is 0 Å². The number of rotatable bonds is 8. The fourth-order valence-electron chi connectivity index (χ4n) is 1.06. The SMILES string of the molecule is CC=COC(CCCCC)OC=CC. The molecular formula is C12H22O2. The van der Waals surface area contributed by atoms with E-state index in [4.69, 9.17) is 9.47 Å². The minimum Gasteiger partial charge on any atom is -0.463 e. The van der Waals surface area contributed by atoms with Gasteiger partial charge >= 0.3 is 0 Å². The molecule has 0 aliphatic heterocycles. The summed E-state index contributed by atoms with van der Waals surface area (Å²) in [5, 5.41) is 0. The normalized spacial score (nSPS) is 13.6. The van der Waals surface area contributed by atoms with E-state index < -0.39 is 0 Å². The quantitative estimate of drug-likeness (QED) is 0.333. The summed E-state index contributed by atoms with van der Waals surface area (Å²) in [7, 11) is 0. The monoisotopic (exact) mass is 198 g/mol. The first-order valence-corrected chi connectivity index (χ1v) is 5.38. The van der Waals surface area contributed by atoms with Crippen LogP contribution >= 0.6 is 0 Å². The van der Waals surface area contributed by atoms with Crippen LogP contribution < -0.4 is 0 Å². The van der Waals surface area contributed by atoms with E-state index in [1.54, 1.807) is 12.5 Å². The standard InChI is InChI=1S/C12H22O2/c1-4-7-8-9-12(13-10-5-2)14-11-6-3/h5-6,10-12H,4,7-9H2,1-3H3. The van der Waals surface area contributed by atoms with E-state index in [9.17, 15) is 0 Å². The summed E-state index contributed by atoms with van der Waals surface area (Å²) >= 11 is 0. The van der Waals surface area contributed by atoms with Gasteiger partial charge in [0.05, 0.1) is 12.5 Å². The molecule has 0 bridgehead atoms. The molecule has 2 nitrogen and oxygen atoms in total. The second-order valence-electron chi connectivity index (χ2n) is 3.14. The zero-order valence-electron chi connectivity index (χ0n) is 9.53. The van der Waals surface area contributed by atoms with Gasteiger partial charge in [-0.3, -0.25) is 0 Å². The lowest BCUT2D eigenvalue weighted by atomic mass is 10.2. The van der Waals surface area contributed by atoms with Crippen LogP contribution in [0.3, 0.4) is 0 Å². The van der Waals surface area contributed by atoms with Gasteiger partial charge in [0.25, 0.3) is 0 Å². The van der Waals surface area contributed by atoms with Crippen molar-refractivity contribution in [2.45, 2.75) is 52.7 Å². The molecule has 0 saturated heterocycles. The van der Waals surface area contributed by atoms with Gasteiger partial charge in [-0.2, -0.15) is 0 Å². The van der Waals surface area contributed by atoms with Crippen LogP contribution in [-0.4, -0.2) is 6.29 Å². The molecule has 0 spiro atoms. The van der Waals surface area contributed by atoms with Crippen LogP contribution in [0.5, 0.6) is 0 Å². The lowest BCUT2D eigenvalue weighted by Gasteiger charge is -2.15. The lowest BCUT2D eigenvalue weighted by molar-refractivity contribution is -0.0673. The first-order valence-electron chi connectivity index (χ1n) is 5.38. The summed E-state index contributed by atoms with van der Waals surface area (Å²) in [6, 6.07) is 0. The van der Waals surface area contributed by atoms with Gasteiger partial charge in [0.2, 0.25) is 6.29 Å². The molecule has 0 aromatic rings. The first-order chi connectivity index (χ1) is 6.85. The summed E-state index contributed by atoms with van der Waals surface area (Å²) in [5.74, 6) is 0. The molecule has 14 heavy (non-hydrogen) atoms. The van der Waals surface area contributed by atoms with Crippen LogP contribution in [0.4, 0.5) is 0 Å². The molecule has 0 radical (unpaired) electrons. The van der Waals surface area contributed by atoms with E-state index in [1.165, 1.54) is 12.8 Å². The van der Waals surface area contributed by atoms with Crippen molar-refractivity contribution in [3.8, 4) is 0 Å². The highest BCUT2D eigenvalue weighted by Crippen LogP contribution is 2.09. The summed E-state index contributed by atoms with van der Waals surface area (Å²) in [6.45, 7) is 6.05. The smallest absolute Gasteiger partial charge is 0.239 e. The Morgan fingerprint density at radius 1 is 1.00 bits per heavy atom. The van der Waals surface area contributed by atoms with Gasteiger partial charge in [-0.15, -0.1) is 0 Å². The minimum absolute atomic E-state index is 0.131. The van der Waals surface area contributed by atoms with E-state index in [2.05, 4.69) is 6.92 Å². The molecule has 0 fully saturated rings. The zero-order chi connectivity index (χ0) is 10.6. The summed E-state index contributed by atoms with van der Waals surface area (Å²) in [5.41, 5.74) is 0. The van der Waals surface area contributed by atoms with Crippen molar-refractivity contribution in [3.63, 3.8) is 0 Å². The van der Waals surface area contributed by atoms with E-state index in [-0.39, 0.29) is 6.29 Å². The topological polar surface area (TPSA) is 18.5 Å². The summed E-state index contributed by atoms with van der Waals surface area (Å²) in [6.07, 6.45) is 11.5. The lowest BCUT2D eigenvalue weighted by Crippen LogP contribution is -2.11. The van der Waals surface area contributed by atoms with Crippen molar-refractivity contribution in [1.29, 1.82) is 0 Å². The van der Waals surface area contributed by atoms with Crippen molar-refractivity contribution in [3.05, 3.63) is 24.7 Å². The van der Waals surface area contributed by atoms with Gasteiger partial charge in [-0.1, -0.05) is 31.9 Å². The third-order valence-electron chi connectivity index (χ3n) is 1.78. The van der Waals surface area contributed by atoms with Gasteiger partial charge in [-0.05, 0) is 20.3 Å². The Balaban J connectivity index is 3.71. The highest BCUT2D eigenvalue weighted by atomic mass is 16.7. The maximum Gasteiger partial charge on any atom is 0.239 e. The Kier molecular flexibility index (Phi) is 9.49. The molecular weight excluding hydrogens is 176 g/mol. The van der Waals surface area contributed by atoms with E-state index in [0.717, 1.165) is 12.8 Å². The van der Waals surface area contributed by atoms with Crippen LogP contribution in [0.15, 0.2) is 24.7 Å². The van der Waals surface area contributed by atoms with Crippen LogP contribution in [0.2, 0.25) is 0 Å². The van der Waals surface area contributed by atoms with Gasteiger partial charge in [-0.25, -0.2) is 0 Å². The molecule has 0 aliphatic rings. The minimum atomic E-state index is -0.131. The van der Waals surface area contributed by atoms with Crippen LogP contribution in [-0.2, 0) is 9.47 Å². The molecule has 0 aromatic carbocycles. The fourth-order valence-corrected chi connectivity index (χ4v) is 1.06. The molecule has 0 amide bonds. The summed E-state index contributed by atoms with van der Waals surface area (Å²) < 4.78 is 10.8. The first kappa shape index (κ1) is 13.1. The highest BCUT2D eigenvalue weighted by molar-refractivity contribution is 4.70. The van der Waals surface area contributed by atoms with Crippen molar-refractivity contribution < 1.29 is 9.47 Å². The Hall–Kier alpha value is -0.920. The third kappa shape index (κ3) is 7.71. The maximum absolute atomic E-state index is 5.39. The van der Waals surface area contributed by atoms with Crippen LogP contribution in [0.25, 0.3) is 0 Å². The highest BCUT2D eigenvalue weighted by Gasteiger charge is 2.05. The predicted octanol–water partition coefficient (Wildman–Crippen LogP) is 3.99. The number of hydrogen-bond acceptors (Lipinski definition) is 2. The molecule has 0 rings (SSSR count). The maximum atomic E-state index is 5.39. The number of allylic oxidation sites excluding steroid dienone is 2. The van der Waals surface area contributed by atoms with E-state index >= 15 is 0 Å². The average molecular weight is 198 g/mol. The molecule has 0 aliphatic carbocycles. The molecule has 0 N–H and O–H groups in total. The molecule has 0 aromatic heterocycles. The predicted molar refractivity (Wildman–Crippen MR) is 59.7 cm³/mol. The van der Waals surface area contributed by atoms with Crippen molar-refractivity contribution in [1.82, 2.24) is 0 Å². The van der Waals surface area contributed by atoms with Gasteiger partial charge < -0.3 is 9.47 Å². The molecule has 2 heteroatoms. The number of unbranched alkanes of at least 4 members (excludes halogenated alkanes) is 2. The Morgan fingerprint density at radius 3 is 2.00 bits per heavy atom. The Labute approximate surface area is 87.6 Å². The zero-order valence-corrected chi connectivity index (χ0v) is 9.53. The summed E-state index contributed by atoms with van der Waals surface area (Å²) in [4.78, 5) is 0. The van der Waals surface area contributed by atoms with Gasteiger partial charge in [0.15, 0.2) is 0 Å². The van der Waals surface area contributed by atoms with Crippen molar-refractivity contribution in [2.75, 3.05) is 0 Å². The number of hydrogen-bond donors (Lipinski definition) is 0. The molecule has 0 heterocycles. The Bertz CT molecular complexity index is 148. The van der Waals surface area contributed by atoms with Gasteiger partial charge in [0.1, 0.15) is 0 Å². The molecule has 0 saturated carbocycles. The molecule has 82 valence electrons. The fraction of sp³-hybridized carbons (Fsp3) is 0.667. The largest absolute Gasteiger partial charge is 0.463 e. The van der Waals surface area contributed by atoms with Crippen LogP contribution in [0.1, 0.15) is 46.5 Å². The number of ether oxygens (including phenoxy) is 2. The van der Waals surface area contributed by atoms with Crippen molar-refractivity contribution >= 4 is 0 Å². The third-order valence-corrected chi connectivity index (χ3v) is 1.78.